The number of anilines is 2. The predicted molar refractivity (Wildman–Crippen MR) is 65.7 cm³/mol. The molecule has 3 N–H and O–H groups in total. The zero-order chi connectivity index (χ0) is 11.8. The summed E-state index contributed by atoms with van der Waals surface area (Å²) in [6.07, 6.45) is 4.00. The van der Waals surface area contributed by atoms with Crippen LogP contribution < -0.4 is 11.1 Å². The Bertz CT molecular complexity index is 399. The lowest BCUT2D eigenvalue weighted by Crippen LogP contribution is -2.31. The van der Waals surface area contributed by atoms with Gasteiger partial charge in [0.1, 0.15) is 17.5 Å². The molecule has 0 aromatic carbocycles. The van der Waals surface area contributed by atoms with Gasteiger partial charge in [0.2, 0.25) is 0 Å². The van der Waals surface area contributed by atoms with E-state index in [1.807, 2.05) is 6.92 Å². The third-order valence-corrected chi connectivity index (χ3v) is 3.41. The molecule has 1 saturated heterocycles. The highest BCUT2D eigenvalue weighted by molar-refractivity contribution is 5.45. The molecule has 0 spiro atoms. The minimum absolute atomic E-state index is 0.353. The van der Waals surface area contributed by atoms with Crippen LogP contribution in [0.4, 0.5) is 11.6 Å². The predicted octanol–water partition coefficient (Wildman–Crippen LogP) is 1.35. The summed E-state index contributed by atoms with van der Waals surface area (Å²) < 4.78 is 5.79. The van der Waals surface area contributed by atoms with Crippen LogP contribution in [0, 0.1) is 12.8 Å². The zero-order valence-corrected chi connectivity index (χ0v) is 10.0. The molecule has 1 aliphatic carbocycles. The van der Waals surface area contributed by atoms with Crippen molar-refractivity contribution in [2.24, 2.45) is 5.92 Å². The molecule has 2 atom stereocenters. The van der Waals surface area contributed by atoms with E-state index in [9.17, 15) is 0 Å². The van der Waals surface area contributed by atoms with Crippen LogP contribution >= 0.6 is 0 Å². The smallest absolute Gasteiger partial charge is 0.132 e. The Hall–Kier alpha value is -1.36. The van der Waals surface area contributed by atoms with Crippen molar-refractivity contribution in [3.8, 4) is 0 Å². The van der Waals surface area contributed by atoms with E-state index in [0.717, 1.165) is 24.8 Å². The number of hydrogen-bond donors (Lipinski definition) is 2. The van der Waals surface area contributed by atoms with Crippen molar-refractivity contribution in [3.05, 3.63) is 11.9 Å². The highest BCUT2D eigenvalue weighted by atomic mass is 16.5. The fraction of sp³-hybridized carbons (Fsp3) is 0.667. The van der Waals surface area contributed by atoms with Crippen LogP contribution in [0.15, 0.2) is 6.07 Å². The summed E-state index contributed by atoms with van der Waals surface area (Å²) in [5, 5.41) is 3.44. The van der Waals surface area contributed by atoms with Gasteiger partial charge in [0.15, 0.2) is 0 Å². The lowest BCUT2D eigenvalue weighted by molar-refractivity contribution is 0.0898. The number of ether oxygens (including phenoxy) is 1. The SMILES string of the molecule is Cc1nc(N)cc(NC2CCOC2C2CC2)n1. The number of hydrogen-bond acceptors (Lipinski definition) is 5. The number of nitrogens with two attached hydrogens (primary N) is 1. The maximum absolute atomic E-state index is 5.79. The minimum Gasteiger partial charge on any atom is -0.384 e. The molecular formula is C12H18N4O. The molecule has 1 aromatic heterocycles. The molecule has 1 aliphatic heterocycles. The van der Waals surface area contributed by atoms with Gasteiger partial charge in [-0.1, -0.05) is 0 Å². The second kappa shape index (κ2) is 4.14. The van der Waals surface area contributed by atoms with Gasteiger partial charge in [0, 0.05) is 12.7 Å². The molecule has 0 radical (unpaired) electrons. The Labute approximate surface area is 101 Å². The summed E-state index contributed by atoms with van der Waals surface area (Å²) in [6, 6.07) is 2.16. The fourth-order valence-electron chi connectivity index (χ4n) is 2.51. The number of nitrogens with zero attached hydrogens (tertiary/aromatic N) is 2. The molecular weight excluding hydrogens is 216 g/mol. The average molecular weight is 234 g/mol. The van der Waals surface area contributed by atoms with E-state index in [4.69, 9.17) is 10.5 Å². The molecule has 17 heavy (non-hydrogen) atoms. The molecule has 92 valence electrons. The Kier molecular flexibility index (Phi) is 2.63. The van der Waals surface area contributed by atoms with Crippen molar-refractivity contribution < 1.29 is 4.74 Å². The van der Waals surface area contributed by atoms with Gasteiger partial charge in [-0.3, -0.25) is 0 Å². The van der Waals surface area contributed by atoms with E-state index in [2.05, 4.69) is 15.3 Å². The Morgan fingerprint density at radius 1 is 1.35 bits per heavy atom. The average Bonchev–Trinajstić information content (AvgIpc) is 2.99. The Balaban J connectivity index is 1.72. The lowest BCUT2D eigenvalue weighted by atomic mass is 10.1. The van der Waals surface area contributed by atoms with Gasteiger partial charge in [-0.05, 0) is 32.1 Å². The van der Waals surface area contributed by atoms with Crippen molar-refractivity contribution in [1.82, 2.24) is 9.97 Å². The second-order valence-corrected chi connectivity index (χ2v) is 4.94. The van der Waals surface area contributed by atoms with Crippen molar-refractivity contribution in [1.29, 1.82) is 0 Å². The first-order valence-electron chi connectivity index (χ1n) is 6.21. The number of rotatable bonds is 3. The summed E-state index contributed by atoms with van der Waals surface area (Å²) in [5.41, 5.74) is 5.72. The van der Waals surface area contributed by atoms with Gasteiger partial charge < -0.3 is 15.8 Å². The van der Waals surface area contributed by atoms with Crippen LogP contribution in [0.1, 0.15) is 25.1 Å². The minimum atomic E-state index is 0.353. The molecule has 2 heterocycles. The van der Waals surface area contributed by atoms with E-state index < -0.39 is 0 Å². The Morgan fingerprint density at radius 3 is 2.88 bits per heavy atom. The fourth-order valence-corrected chi connectivity index (χ4v) is 2.51. The molecule has 5 nitrogen and oxygen atoms in total. The van der Waals surface area contributed by atoms with Crippen molar-refractivity contribution in [3.63, 3.8) is 0 Å². The van der Waals surface area contributed by atoms with E-state index in [1.54, 1.807) is 6.07 Å². The van der Waals surface area contributed by atoms with Gasteiger partial charge in [0.05, 0.1) is 12.1 Å². The molecule has 1 aromatic rings. The zero-order valence-electron chi connectivity index (χ0n) is 10.0. The summed E-state index contributed by atoms with van der Waals surface area (Å²) >= 11 is 0. The maximum Gasteiger partial charge on any atom is 0.132 e. The van der Waals surface area contributed by atoms with Crippen molar-refractivity contribution in [2.75, 3.05) is 17.7 Å². The topological polar surface area (TPSA) is 73.1 Å². The quantitative estimate of drug-likeness (QED) is 0.825. The molecule has 1 saturated carbocycles. The highest BCUT2D eigenvalue weighted by Gasteiger charge is 2.40. The van der Waals surface area contributed by atoms with Crippen molar-refractivity contribution in [2.45, 2.75) is 38.3 Å². The van der Waals surface area contributed by atoms with Gasteiger partial charge in [0.25, 0.3) is 0 Å². The van der Waals surface area contributed by atoms with E-state index in [1.165, 1.54) is 12.8 Å². The van der Waals surface area contributed by atoms with Crippen LogP contribution in [-0.2, 0) is 4.74 Å². The Morgan fingerprint density at radius 2 is 2.18 bits per heavy atom. The lowest BCUT2D eigenvalue weighted by Gasteiger charge is -2.20. The normalized spacial score (nSPS) is 28.3. The highest BCUT2D eigenvalue weighted by Crippen LogP contribution is 2.39. The summed E-state index contributed by atoms with van der Waals surface area (Å²) in [4.78, 5) is 8.42. The first kappa shape index (κ1) is 10.8. The van der Waals surface area contributed by atoms with Crippen LogP contribution in [0.25, 0.3) is 0 Å². The van der Waals surface area contributed by atoms with Crippen LogP contribution in [0.5, 0.6) is 0 Å². The molecule has 0 bridgehead atoms. The van der Waals surface area contributed by atoms with Gasteiger partial charge >= 0.3 is 0 Å². The standard InChI is InChI=1S/C12H18N4O/c1-7-14-10(13)6-11(15-7)16-9-4-5-17-12(9)8-2-3-8/h6,8-9,12H,2-5H2,1H3,(H3,13,14,15,16). The molecule has 3 rings (SSSR count). The van der Waals surface area contributed by atoms with E-state index in [0.29, 0.717) is 23.8 Å². The molecule has 5 heteroatoms. The van der Waals surface area contributed by atoms with Gasteiger partial charge in [-0.15, -0.1) is 0 Å². The monoisotopic (exact) mass is 234 g/mol. The number of aryl methyl sites for hydroxylation is 1. The van der Waals surface area contributed by atoms with Crippen LogP contribution in [-0.4, -0.2) is 28.7 Å². The van der Waals surface area contributed by atoms with E-state index in [-0.39, 0.29) is 0 Å². The van der Waals surface area contributed by atoms with Crippen LogP contribution in [0.3, 0.4) is 0 Å². The third kappa shape index (κ3) is 2.34. The number of nitrogens with one attached hydrogen (secondary N) is 1. The molecule has 2 unspecified atom stereocenters. The molecule has 2 fully saturated rings. The molecule has 2 aliphatic rings. The van der Waals surface area contributed by atoms with Gasteiger partial charge in [-0.2, -0.15) is 0 Å². The maximum atomic E-state index is 5.79. The van der Waals surface area contributed by atoms with Gasteiger partial charge in [-0.25, -0.2) is 9.97 Å². The van der Waals surface area contributed by atoms with Crippen LogP contribution in [0.2, 0.25) is 0 Å². The third-order valence-electron chi connectivity index (χ3n) is 3.41. The first-order valence-corrected chi connectivity index (χ1v) is 6.21. The summed E-state index contributed by atoms with van der Waals surface area (Å²) in [5.74, 6) is 2.78. The largest absolute Gasteiger partial charge is 0.384 e. The summed E-state index contributed by atoms with van der Waals surface area (Å²) in [6.45, 7) is 2.70. The molecule has 0 amide bonds. The second-order valence-electron chi connectivity index (χ2n) is 4.94. The van der Waals surface area contributed by atoms with Crippen molar-refractivity contribution >= 4 is 11.6 Å². The number of nitrogen functional groups attached to an aromatic ring is 1. The first-order chi connectivity index (χ1) is 8.22. The number of aromatic nitrogens is 2. The van der Waals surface area contributed by atoms with E-state index >= 15 is 0 Å². The summed E-state index contributed by atoms with van der Waals surface area (Å²) in [7, 11) is 0.